The number of amides is 2. The quantitative estimate of drug-likeness (QED) is 0.578. The lowest BCUT2D eigenvalue weighted by Crippen LogP contribution is -2.32. The van der Waals surface area contributed by atoms with Gasteiger partial charge >= 0.3 is 0 Å². The number of ether oxygens (including phenoxy) is 3. The van der Waals surface area contributed by atoms with E-state index in [1.807, 2.05) is 0 Å². The highest BCUT2D eigenvalue weighted by molar-refractivity contribution is 6.37. The van der Waals surface area contributed by atoms with E-state index in [1.54, 1.807) is 60.7 Å². The monoisotopic (exact) mass is 446 g/mol. The molecule has 2 amide bonds. The van der Waals surface area contributed by atoms with Crippen LogP contribution in [0.15, 0.2) is 72.4 Å². The van der Waals surface area contributed by atoms with Crippen molar-refractivity contribution in [2.24, 2.45) is 0 Å². The van der Waals surface area contributed by atoms with Crippen molar-refractivity contribution in [1.29, 1.82) is 0 Å². The molecule has 2 aliphatic rings. The summed E-state index contributed by atoms with van der Waals surface area (Å²) in [6, 6.07) is 18.1. The zero-order valence-electron chi connectivity index (χ0n) is 17.6. The molecule has 2 aliphatic heterocycles. The smallest absolute Gasteiger partial charge is 0.278 e. The van der Waals surface area contributed by atoms with Gasteiger partial charge in [-0.15, -0.1) is 0 Å². The zero-order chi connectivity index (χ0) is 22.9. The van der Waals surface area contributed by atoms with E-state index in [4.69, 9.17) is 14.2 Å². The predicted molar refractivity (Wildman–Crippen MR) is 118 cm³/mol. The third-order valence-corrected chi connectivity index (χ3v) is 5.47. The van der Waals surface area contributed by atoms with Gasteiger partial charge in [0.1, 0.15) is 17.3 Å². The lowest BCUT2D eigenvalue weighted by Gasteiger charge is -2.16. The summed E-state index contributed by atoms with van der Waals surface area (Å²) in [5, 5.41) is 3.06. The molecule has 3 aromatic rings. The molecule has 0 radical (unpaired) electrons. The molecule has 0 saturated heterocycles. The third kappa shape index (κ3) is 3.65. The SMILES string of the molecule is COc1ccccc1C1=C(Nc2ccc3c(c2)OCO3)C(=O)N(Cc2ccccc2F)C1=O. The van der Waals surface area contributed by atoms with Crippen LogP contribution in [0.2, 0.25) is 0 Å². The maximum atomic E-state index is 14.3. The van der Waals surface area contributed by atoms with Gasteiger partial charge in [0.15, 0.2) is 11.5 Å². The molecule has 0 spiro atoms. The van der Waals surface area contributed by atoms with Gasteiger partial charge in [-0.05, 0) is 24.3 Å². The van der Waals surface area contributed by atoms with Crippen LogP contribution < -0.4 is 19.5 Å². The van der Waals surface area contributed by atoms with Crippen molar-refractivity contribution in [1.82, 2.24) is 4.90 Å². The number of imide groups is 1. The molecule has 0 atom stereocenters. The largest absolute Gasteiger partial charge is 0.496 e. The predicted octanol–water partition coefficient (Wildman–Crippen LogP) is 3.96. The van der Waals surface area contributed by atoms with Gasteiger partial charge in [0, 0.05) is 22.9 Å². The summed E-state index contributed by atoms with van der Waals surface area (Å²) in [5.41, 5.74) is 1.45. The summed E-state index contributed by atoms with van der Waals surface area (Å²) in [7, 11) is 1.49. The molecular weight excluding hydrogens is 427 g/mol. The maximum Gasteiger partial charge on any atom is 0.278 e. The summed E-state index contributed by atoms with van der Waals surface area (Å²) >= 11 is 0. The first kappa shape index (κ1) is 20.6. The Hall–Kier alpha value is -4.33. The second-order valence-electron chi connectivity index (χ2n) is 7.43. The van der Waals surface area contributed by atoms with E-state index in [0.717, 1.165) is 4.90 Å². The van der Waals surface area contributed by atoms with E-state index in [1.165, 1.54) is 13.2 Å². The Morgan fingerprint density at radius 1 is 0.970 bits per heavy atom. The topological polar surface area (TPSA) is 77.1 Å². The number of benzene rings is 3. The maximum absolute atomic E-state index is 14.3. The Morgan fingerprint density at radius 3 is 2.55 bits per heavy atom. The van der Waals surface area contributed by atoms with Crippen molar-refractivity contribution >= 4 is 23.1 Å². The van der Waals surface area contributed by atoms with E-state index in [-0.39, 0.29) is 30.2 Å². The minimum atomic E-state index is -0.568. The van der Waals surface area contributed by atoms with E-state index in [0.29, 0.717) is 28.5 Å². The second-order valence-corrected chi connectivity index (χ2v) is 7.43. The summed E-state index contributed by atoms with van der Waals surface area (Å²) in [4.78, 5) is 27.9. The van der Waals surface area contributed by atoms with Crippen LogP contribution in [-0.4, -0.2) is 30.6 Å². The Labute approximate surface area is 189 Å². The minimum Gasteiger partial charge on any atom is -0.496 e. The number of nitrogens with one attached hydrogen (secondary N) is 1. The summed E-state index contributed by atoms with van der Waals surface area (Å²) in [6.07, 6.45) is 0. The number of hydrogen-bond donors (Lipinski definition) is 1. The van der Waals surface area contributed by atoms with Crippen LogP contribution in [0.1, 0.15) is 11.1 Å². The highest BCUT2D eigenvalue weighted by atomic mass is 19.1. The molecule has 7 nitrogen and oxygen atoms in total. The van der Waals surface area contributed by atoms with E-state index >= 15 is 0 Å². The van der Waals surface area contributed by atoms with Crippen LogP contribution >= 0.6 is 0 Å². The molecule has 0 saturated carbocycles. The lowest BCUT2D eigenvalue weighted by molar-refractivity contribution is -0.137. The number of carbonyl (C=O) groups is 2. The zero-order valence-corrected chi connectivity index (χ0v) is 17.6. The molecular formula is C25H19FN2O5. The molecule has 166 valence electrons. The molecule has 8 heteroatoms. The van der Waals surface area contributed by atoms with Crippen LogP contribution in [-0.2, 0) is 16.1 Å². The summed E-state index contributed by atoms with van der Waals surface area (Å²) < 4.78 is 30.5. The van der Waals surface area contributed by atoms with Crippen LogP contribution in [0, 0.1) is 5.82 Å². The Bertz CT molecular complexity index is 1300. The molecule has 0 aromatic heterocycles. The third-order valence-electron chi connectivity index (χ3n) is 5.47. The van der Waals surface area contributed by atoms with E-state index in [9.17, 15) is 14.0 Å². The molecule has 0 unspecified atom stereocenters. The van der Waals surface area contributed by atoms with Gasteiger partial charge in [0.2, 0.25) is 6.79 Å². The first-order valence-corrected chi connectivity index (χ1v) is 10.2. The fraction of sp³-hybridized carbons (Fsp3) is 0.120. The summed E-state index contributed by atoms with van der Waals surface area (Å²) in [5.74, 6) is -0.0489. The Balaban J connectivity index is 1.57. The number of halogens is 1. The second kappa shape index (κ2) is 8.31. The van der Waals surface area contributed by atoms with Gasteiger partial charge in [-0.3, -0.25) is 14.5 Å². The number of nitrogens with zero attached hydrogens (tertiary/aromatic N) is 1. The Kier molecular flexibility index (Phi) is 5.18. The molecule has 0 bridgehead atoms. The summed E-state index contributed by atoms with van der Waals surface area (Å²) in [6.45, 7) is -0.0862. The fourth-order valence-corrected chi connectivity index (χ4v) is 3.85. The average molecular weight is 446 g/mol. The molecule has 33 heavy (non-hydrogen) atoms. The number of anilines is 1. The number of methoxy groups -OCH3 is 1. The van der Waals surface area contributed by atoms with E-state index in [2.05, 4.69) is 5.32 Å². The lowest BCUT2D eigenvalue weighted by atomic mass is 10.0. The highest BCUT2D eigenvalue weighted by Crippen LogP contribution is 2.38. The number of rotatable bonds is 6. The number of carbonyl (C=O) groups excluding carboxylic acids is 2. The fourth-order valence-electron chi connectivity index (χ4n) is 3.85. The average Bonchev–Trinajstić information content (AvgIpc) is 3.38. The van der Waals surface area contributed by atoms with Crippen LogP contribution in [0.3, 0.4) is 0 Å². The Morgan fingerprint density at radius 2 is 1.73 bits per heavy atom. The van der Waals surface area contributed by atoms with Gasteiger partial charge in [-0.2, -0.15) is 0 Å². The molecule has 3 aromatic carbocycles. The number of para-hydroxylation sites is 1. The van der Waals surface area contributed by atoms with Gasteiger partial charge in [0.25, 0.3) is 11.8 Å². The standard InChI is InChI=1S/C25H19FN2O5/c1-31-19-9-5-3-7-17(19)22-23(27-16-10-11-20-21(12-16)33-14-32-20)25(30)28(24(22)29)13-15-6-2-4-8-18(15)26/h2-12,27H,13-14H2,1H3. The van der Waals surface area contributed by atoms with Crippen molar-refractivity contribution in [2.75, 3.05) is 19.2 Å². The number of fused-ring (bicyclic) bond motifs is 1. The highest BCUT2D eigenvalue weighted by Gasteiger charge is 2.40. The van der Waals surface area contributed by atoms with Crippen molar-refractivity contribution in [2.45, 2.75) is 6.54 Å². The molecule has 2 heterocycles. The first-order chi connectivity index (χ1) is 16.1. The van der Waals surface area contributed by atoms with Crippen LogP contribution in [0.5, 0.6) is 17.2 Å². The van der Waals surface area contributed by atoms with Crippen molar-refractivity contribution in [3.05, 3.63) is 89.4 Å². The first-order valence-electron chi connectivity index (χ1n) is 10.2. The molecule has 5 rings (SSSR count). The van der Waals surface area contributed by atoms with Crippen LogP contribution in [0.25, 0.3) is 5.57 Å². The normalized spacial score (nSPS) is 14.8. The minimum absolute atomic E-state index is 0.0692. The number of hydrogen-bond acceptors (Lipinski definition) is 6. The molecule has 1 N–H and O–H groups in total. The van der Waals surface area contributed by atoms with Crippen molar-refractivity contribution in [3.8, 4) is 17.2 Å². The van der Waals surface area contributed by atoms with Crippen molar-refractivity contribution in [3.63, 3.8) is 0 Å². The van der Waals surface area contributed by atoms with Crippen LogP contribution in [0.4, 0.5) is 10.1 Å². The van der Waals surface area contributed by atoms with E-state index < -0.39 is 17.6 Å². The van der Waals surface area contributed by atoms with Gasteiger partial charge in [-0.1, -0.05) is 36.4 Å². The van der Waals surface area contributed by atoms with Gasteiger partial charge in [-0.25, -0.2) is 4.39 Å². The van der Waals surface area contributed by atoms with Gasteiger partial charge < -0.3 is 19.5 Å². The van der Waals surface area contributed by atoms with Gasteiger partial charge in [0.05, 0.1) is 19.2 Å². The molecule has 0 aliphatic carbocycles. The van der Waals surface area contributed by atoms with Crippen molar-refractivity contribution < 1.29 is 28.2 Å². The molecule has 0 fully saturated rings.